The maximum absolute atomic E-state index is 8.85. The highest BCUT2D eigenvalue weighted by atomic mass is 35.5. The second-order valence-corrected chi connectivity index (χ2v) is 1.26. The molecule has 0 amide bonds. The Morgan fingerprint density at radius 3 is 1.57 bits per heavy atom. The van der Waals surface area contributed by atoms with Crippen LogP contribution >= 0.6 is 23.2 Å². The molecule has 0 radical (unpaired) electrons. The Balaban J connectivity index is 0. The molecular weight excluding hydrogens is 155 g/mol. The zero-order valence-corrected chi connectivity index (χ0v) is 6.06. The van der Waals surface area contributed by atoms with Crippen molar-refractivity contribution in [1.29, 1.82) is 0 Å². The van der Waals surface area contributed by atoms with Crippen LogP contribution in [0.2, 0.25) is 0 Å². The highest BCUT2D eigenvalue weighted by Crippen LogP contribution is 1.78. The van der Waals surface area contributed by atoms with E-state index in [2.05, 4.69) is 0 Å². The molecular formula is C3H5Cl2OS+. The van der Waals surface area contributed by atoms with Crippen molar-refractivity contribution >= 4 is 34.9 Å². The Bertz CT molecular complexity index is 50.9. The zero-order chi connectivity index (χ0) is 6.12. The third kappa shape index (κ3) is 66.5. The quantitative estimate of drug-likeness (QED) is 0.495. The van der Waals surface area contributed by atoms with Gasteiger partial charge in [-0.15, -0.1) is 0 Å². The minimum Gasteiger partial charge on any atom is -0.0920 e. The monoisotopic (exact) mass is 159 g/mol. The molecule has 0 aliphatic rings. The van der Waals surface area contributed by atoms with Crippen LogP contribution in [0.25, 0.3) is 0 Å². The second kappa shape index (κ2) is 16.2. The minimum atomic E-state index is 0.500. The number of hydrogen-bond acceptors (Lipinski definition) is 1. The second-order valence-electron chi connectivity index (χ2n) is 0.419. The van der Waals surface area contributed by atoms with Crippen LogP contribution < -0.4 is 0 Å². The van der Waals surface area contributed by atoms with E-state index in [0.717, 1.165) is 0 Å². The largest absolute Gasteiger partial charge is 0.455 e. The van der Waals surface area contributed by atoms with Crippen LogP contribution in [0.1, 0.15) is 0 Å². The molecule has 0 N–H and O–H groups in total. The molecule has 0 aromatic carbocycles. The normalized spacial score (nSPS) is 7.29. The molecule has 0 aliphatic heterocycles. The molecule has 0 rings (SSSR count). The molecule has 7 heavy (non-hydrogen) atoms. The average Bonchev–Trinajstić information content (AvgIpc) is 1.69. The fraction of sp³-hybridized carbons (Fsp3) is 0.333. The molecule has 0 aromatic heterocycles. The average molecular weight is 160 g/mol. The van der Waals surface area contributed by atoms with Gasteiger partial charge in [0.05, 0.1) is 0 Å². The lowest BCUT2D eigenvalue weighted by Crippen LogP contribution is -1.32. The van der Waals surface area contributed by atoms with Crippen LogP contribution in [0.5, 0.6) is 0 Å². The highest BCUT2D eigenvalue weighted by molar-refractivity contribution is 7.64. The molecule has 0 bridgehead atoms. The van der Waals surface area contributed by atoms with Crippen LogP contribution in [0, 0.1) is 0 Å². The summed E-state index contributed by atoms with van der Waals surface area (Å²) in [6.07, 6.45) is 1.49. The van der Waals surface area contributed by atoms with E-state index in [4.69, 9.17) is 27.4 Å². The number of halogens is 2. The first-order chi connectivity index (χ1) is 3.33. The molecule has 1 nitrogen and oxygen atoms in total. The SMILES string of the molecule is C[S+]=O.ClC=CCl. The van der Waals surface area contributed by atoms with E-state index in [1.54, 1.807) is 0 Å². The fourth-order valence-corrected chi connectivity index (χ4v) is 0. The lowest BCUT2D eigenvalue weighted by molar-refractivity contribution is 0.607. The van der Waals surface area contributed by atoms with Crippen molar-refractivity contribution in [1.82, 2.24) is 0 Å². The van der Waals surface area contributed by atoms with E-state index in [0.29, 0.717) is 11.7 Å². The molecule has 0 unspecified atom stereocenters. The van der Waals surface area contributed by atoms with E-state index >= 15 is 0 Å². The predicted molar refractivity (Wildman–Crippen MR) is 34.8 cm³/mol. The van der Waals surface area contributed by atoms with E-state index in [9.17, 15) is 0 Å². The molecule has 0 saturated carbocycles. The van der Waals surface area contributed by atoms with Gasteiger partial charge in [0.2, 0.25) is 6.26 Å². The summed E-state index contributed by atoms with van der Waals surface area (Å²) in [6, 6.07) is 0. The number of rotatable bonds is 0. The summed E-state index contributed by atoms with van der Waals surface area (Å²) in [7, 11) is 0. The Kier molecular flexibility index (Phi) is 24.0. The molecule has 42 valence electrons. The third-order valence-corrected chi connectivity index (χ3v) is 0.429. The molecule has 0 aromatic rings. The zero-order valence-electron chi connectivity index (χ0n) is 3.73. The van der Waals surface area contributed by atoms with Crippen molar-refractivity contribution in [2.75, 3.05) is 6.26 Å². The van der Waals surface area contributed by atoms with Gasteiger partial charge in [-0.25, -0.2) is 0 Å². The van der Waals surface area contributed by atoms with E-state index in [-0.39, 0.29) is 0 Å². The summed E-state index contributed by atoms with van der Waals surface area (Å²) in [5.74, 6) is 0. The summed E-state index contributed by atoms with van der Waals surface area (Å²) < 4.78 is 8.85. The van der Waals surface area contributed by atoms with Gasteiger partial charge in [0.15, 0.2) is 0 Å². The smallest absolute Gasteiger partial charge is 0.0920 e. The standard InChI is InChI=1S/C2H2Cl2.CH3OS/c3-1-2-4;1-3-2/h1-2H;1H3/q;+1. The van der Waals surface area contributed by atoms with Gasteiger partial charge in [0.1, 0.15) is 0 Å². The summed E-state index contributed by atoms with van der Waals surface area (Å²) >= 11 is 10.2. The molecule has 0 aliphatic carbocycles. The van der Waals surface area contributed by atoms with Crippen molar-refractivity contribution in [2.45, 2.75) is 0 Å². The molecule has 0 heterocycles. The van der Waals surface area contributed by atoms with Crippen molar-refractivity contribution in [3.63, 3.8) is 0 Å². The van der Waals surface area contributed by atoms with Crippen LogP contribution in [0.15, 0.2) is 11.1 Å². The molecule has 0 spiro atoms. The molecule has 0 fully saturated rings. The summed E-state index contributed by atoms with van der Waals surface area (Å²) in [5, 5.41) is 0. The van der Waals surface area contributed by atoms with Gasteiger partial charge in [-0.05, 0) is 0 Å². The van der Waals surface area contributed by atoms with Crippen LogP contribution in [0.3, 0.4) is 0 Å². The van der Waals surface area contributed by atoms with Crippen molar-refractivity contribution in [3.8, 4) is 0 Å². The van der Waals surface area contributed by atoms with Crippen molar-refractivity contribution < 1.29 is 4.21 Å². The minimum absolute atomic E-state index is 0.500. The van der Waals surface area contributed by atoms with Gasteiger partial charge in [0, 0.05) is 15.3 Å². The van der Waals surface area contributed by atoms with Crippen molar-refractivity contribution in [3.05, 3.63) is 11.1 Å². The highest BCUT2D eigenvalue weighted by Gasteiger charge is 1.54. The fourth-order valence-electron chi connectivity index (χ4n) is 0. The number of hydrogen-bond donors (Lipinski definition) is 0. The van der Waals surface area contributed by atoms with Gasteiger partial charge >= 0.3 is 11.7 Å². The lowest BCUT2D eigenvalue weighted by atomic mass is 11.3. The van der Waals surface area contributed by atoms with Crippen LogP contribution in [-0.2, 0) is 15.9 Å². The van der Waals surface area contributed by atoms with Gasteiger partial charge in [-0.1, -0.05) is 23.2 Å². The Morgan fingerprint density at radius 1 is 1.43 bits per heavy atom. The van der Waals surface area contributed by atoms with Gasteiger partial charge in [-0.3, -0.25) is 0 Å². The van der Waals surface area contributed by atoms with E-state index in [1.165, 1.54) is 17.3 Å². The van der Waals surface area contributed by atoms with E-state index in [1.807, 2.05) is 0 Å². The van der Waals surface area contributed by atoms with Crippen LogP contribution in [0.4, 0.5) is 0 Å². The summed E-state index contributed by atoms with van der Waals surface area (Å²) in [5.41, 5.74) is 2.48. The van der Waals surface area contributed by atoms with Gasteiger partial charge in [0.25, 0.3) is 0 Å². The Morgan fingerprint density at radius 2 is 1.57 bits per heavy atom. The molecule has 4 heteroatoms. The Labute approximate surface area is 56.8 Å². The Hall–Kier alpha value is 0.340. The summed E-state index contributed by atoms with van der Waals surface area (Å²) in [4.78, 5) is 0. The first kappa shape index (κ1) is 10.3. The van der Waals surface area contributed by atoms with Crippen molar-refractivity contribution in [2.24, 2.45) is 0 Å². The first-order valence-corrected chi connectivity index (χ1v) is 3.37. The maximum atomic E-state index is 8.85. The summed E-state index contributed by atoms with van der Waals surface area (Å²) in [6.45, 7) is 0. The predicted octanol–water partition coefficient (Wildman–Crippen LogP) is 1.98. The maximum Gasteiger partial charge on any atom is 0.455 e. The third-order valence-electron chi connectivity index (χ3n) is 0.0476. The molecule has 0 atom stereocenters. The van der Waals surface area contributed by atoms with Gasteiger partial charge in [-0.2, -0.15) is 0 Å². The topological polar surface area (TPSA) is 17.1 Å². The first-order valence-electron chi connectivity index (χ1n) is 1.34. The van der Waals surface area contributed by atoms with Crippen LogP contribution in [-0.4, -0.2) is 6.26 Å². The lowest BCUT2D eigenvalue weighted by Gasteiger charge is -1.44. The van der Waals surface area contributed by atoms with E-state index < -0.39 is 0 Å². The van der Waals surface area contributed by atoms with Gasteiger partial charge < -0.3 is 0 Å². The molecule has 0 saturated heterocycles.